The predicted octanol–water partition coefficient (Wildman–Crippen LogP) is 1.55. The summed E-state index contributed by atoms with van der Waals surface area (Å²) in [6.07, 6.45) is 3.32. The normalized spacial score (nSPS) is 38.4. The fourth-order valence-electron chi connectivity index (χ4n) is 5.40. The molecule has 2 bridgehead atoms. The highest BCUT2D eigenvalue weighted by molar-refractivity contribution is 5.68. The van der Waals surface area contributed by atoms with E-state index in [-0.39, 0.29) is 23.2 Å². The number of hydrogen-bond acceptors (Lipinski definition) is 5. The van der Waals surface area contributed by atoms with Gasteiger partial charge in [0.2, 0.25) is 0 Å². The van der Waals surface area contributed by atoms with Gasteiger partial charge in [-0.25, -0.2) is 4.79 Å². The van der Waals surface area contributed by atoms with Crippen molar-refractivity contribution < 1.29 is 24.5 Å². The lowest BCUT2D eigenvalue weighted by molar-refractivity contribution is -0.0453. The summed E-state index contributed by atoms with van der Waals surface area (Å²) in [4.78, 5) is 13.4. The molecule has 0 unspecified atom stereocenters. The minimum atomic E-state index is -1.35. The molecule has 0 radical (unpaired) electrons. The van der Waals surface area contributed by atoms with Crippen LogP contribution < -0.4 is 9.47 Å². The molecule has 1 saturated heterocycles. The van der Waals surface area contributed by atoms with Crippen LogP contribution in [0.1, 0.15) is 17.5 Å². The molecule has 24 heavy (non-hydrogen) atoms. The van der Waals surface area contributed by atoms with E-state index >= 15 is 0 Å². The van der Waals surface area contributed by atoms with Crippen LogP contribution >= 0.6 is 0 Å². The van der Waals surface area contributed by atoms with Crippen LogP contribution in [0.2, 0.25) is 0 Å². The Bertz CT molecular complexity index is 775. The second kappa shape index (κ2) is 4.52. The van der Waals surface area contributed by atoms with Crippen LogP contribution in [0, 0.1) is 5.92 Å². The zero-order chi connectivity index (χ0) is 16.6. The second-order valence-corrected chi connectivity index (χ2v) is 7.28. The zero-order valence-electron chi connectivity index (χ0n) is 13.3. The average molecular weight is 329 g/mol. The molecule has 2 aliphatic carbocycles. The van der Waals surface area contributed by atoms with Crippen molar-refractivity contribution >= 4 is 6.16 Å². The maximum Gasteiger partial charge on any atom is 0.511 e. The highest BCUT2D eigenvalue weighted by Gasteiger charge is 2.64. The zero-order valence-corrected chi connectivity index (χ0v) is 13.3. The van der Waals surface area contributed by atoms with E-state index in [1.54, 1.807) is 6.07 Å². The lowest BCUT2D eigenvalue weighted by atomic mass is 9.53. The molecule has 1 aromatic carbocycles. The Labute approximate surface area is 139 Å². The van der Waals surface area contributed by atoms with Gasteiger partial charge in [0.1, 0.15) is 12.2 Å². The van der Waals surface area contributed by atoms with Gasteiger partial charge in [-0.05, 0) is 38.1 Å². The van der Waals surface area contributed by atoms with Crippen molar-refractivity contribution in [1.29, 1.82) is 0 Å². The number of carboxylic acid groups (broad SMARTS) is 1. The summed E-state index contributed by atoms with van der Waals surface area (Å²) in [5.74, 6) is 1.00. The molecule has 2 heterocycles. The lowest BCUT2D eigenvalue weighted by Crippen LogP contribution is -2.64. The molecular weight excluding hydrogens is 310 g/mol. The molecule has 1 aromatic rings. The third-order valence-corrected chi connectivity index (χ3v) is 6.33. The number of rotatable bonds is 1. The van der Waals surface area contributed by atoms with Gasteiger partial charge in [-0.2, -0.15) is 0 Å². The van der Waals surface area contributed by atoms with Crippen molar-refractivity contribution in [3.8, 4) is 11.5 Å². The van der Waals surface area contributed by atoms with Gasteiger partial charge in [-0.3, -0.25) is 0 Å². The fraction of sp³-hybridized carbons (Fsp3) is 0.500. The number of piperidine rings is 1. The quantitative estimate of drug-likeness (QED) is 0.462. The minimum Gasteiger partial charge on any atom is -0.482 e. The number of benzene rings is 1. The highest BCUT2D eigenvalue weighted by Crippen LogP contribution is 2.62. The maximum atomic E-state index is 11.0. The van der Waals surface area contributed by atoms with E-state index in [0.29, 0.717) is 11.8 Å². The van der Waals surface area contributed by atoms with Crippen LogP contribution in [0.3, 0.4) is 0 Å². The van der Waals surface area contributed by atoms with Gasteiger partial charge >= 0.3 is 6.16 Å². The van der Waals surface area contributed by atoms with Gasteiger partial charge in [0.05, 0.1) is 0 Å². The Kier molecular flexibility index (Phi) is 2.69. The lowest BCUT2D eigenvalue weighted by Gasteiger charge is -2.56. The van der Waals surface area contributed by atoms with Gasteiger partial charge in [-0.1, -0.05) is 18.2 Å². The molecule has 0 saturated carbocycles. The van der Waals surface area contributed by atoms with Gasteiger partial charge in [0.25, 0.3) is 0 Å². The van der Waals surface area contributed by atoms with E-state index in [0.717, 1.165) is 24.9 Å². The van der Waals surface area contributed by atoms with Crippen LogP contribution in [0.4, 0.5) is 4.79 Å². The molecular formula is C18H19NO5. The summed E-state index contributed by atoms with van der Waals surface area (Å²) in [6.45, 7) is 0.935. The van der Waals surface area contributed by atoms with Gasteiger partial charge < -0.3 is 24.6 Å². The molecule has 6 nitrogen and oxygen atoms in total. The number of hydrogen-bond donors (Lipinski definition) is 2. The molecule has 0 aromatic heterocycles. The maximum absolute atomic E-state index is 11.0. The average Bonchev–Trinajstić information content (AvgIpc) is 2.89. The van der Waals surface area contributed by atoms with Gasteiger partial charge in [0, 0.05) is 22.9 Å². The molecule has 1 fully saturated rings. The van der Waals surface area contributed by atoms with E-state index in [1.165, 1.54) is 5.56 Å². The van der Waals surface area contributed by atoms with Gasteiger partial charge in [-0.15, -0.1) is 0 Å². The summed E-state index contributed by atoms with van der Waals surface area (Å²) in [5, 5.41) is 19.6. The van der Waals surface area contributed by atoms with Crippen molar-refractivity contribution in [1.82, 2.24) is 4.90 Å². The molecule has 2 N–H and O–H groups in total. The summed E-state index contributed by atoms with van der Waals surface area (Å²) in [7, 11) is 2.15. The Morgan fingerprint density at radius 1 is 1.42 bits per heavy atom. The topological polar surface area (TPSA) is 79.2 Å². The molecule has 5 rings (SSSR count). The number of aliphatic hydroxyl groups is 1. The summed E-state index contributed by atoms with van der Waals surface area (Å²) >= 11 is 0. The highest BCUT2D eigenvalue weighted by atomic mass is 16.7. The molecule has 4 aliphatic rings. The first-order chi connectivity index (χ1) is 11.5. The monoisotopic (exact) mass is 329 g/mol. The van der Waals surface area contributed by atoms with E-state index < -0.39 is 12.3 Å². The summed E-state index contributed by atoms with van der Waals surface area (Å²) in [5.41, 5.74) is 1.95. The van der Waals surface area contributed by atoms with Crippen molar-refractivity contribution in [3.63, 3.8) is 0 Å². The number of ether oxygens (including phenoxy) is 2. The SMILES string of the molecule is CN1CC[C@]23c4c5ccc(OC(=O)O)c4O[C@H]2[C@@H](O)C=C[C@H]3[C@H]1C5. The summed E-state index contributed by atoms with van der Waals surface area (Å²) in [6, 6.07) is 4.00. The van der Waals surface area contributed by atoms with Crippen molar-refractivity contribution in [3.05, 3.63) is 35.4 Å². The molecule has 1 spiro atoms. The molecule has 5 atom stereocenters. The second-order valence-electron chi connectivity index (χ2n) is 7.28. The third-order valence-electron chi connectivity index (χ3n) is 6.33. The van der Waals surface area contributed by atoms with E-state index in [4.69, 9.17) is 14.6 Å². The Morgan fingerprint density at radius 3 is 3.04 bits per heavy atom. The minimum absolute atomic E-state index is 0.230. The van der Waals surface area contributed by atoms with Crippen molar-refractivity contribution in [2.45, 2.75) is 36.5 Å². The van der Waals surface area contributed by atoms with E-state index in [2.05, 4.69) is 18.0 Å². The Morgan fingerprint density at radius 2 is 2.25 bits per heavy atom. The number of carbonyl (C=O) groups is 1. The third kappa shape index (κ3) is 1.55. The number of likely N-dealkylation sites (tertiary alicyclic amines) is 1. The molecule has 6 heteroatoms. The van der Waals surface area contributed by atoms with Crippen LogP contribution in [-0.2, 0) is 11.8 Å². The first kappa shape index (κ1) is 14.3. The molecule has 0 amide bonds. The van der Waals surface area contributed by atoms with Crippen LogP contribution in [0.15, 0.2) is 24.3 Å². The summed E-state index contributed by atoms with van der Waals surface area (Å²) < 4.78 is 11.1. The van der Waals surface area contributed by atoms with Crippen LogP contribution in [0.5, 0.6) is 11.5 Å². The molecule has 126 valence electrons. The first-order valence-corrected chi connectivity index (χ1v) is 8.33. The largest absolute Gasteiger partial charge is 0.511 e. The predicted molar refractivity (Wildman–Crippen MR) is 84.6 cm³/mol. The van der Waals surface area contributed by atoms with E-state index in [1.807, 2.05) is 12.1 Å². The smallest absolute Gasteiger partial charge is 0.482 e. The van der Waals surface area contributed by atoms with E-state index in [9.17, 15) is 9.90 Å². The van der Waals surface area contributed by atoms with Crippen LogP contribution in [-0.4, -0.2) is 53.1 Å². The molecule has 2 aliphatic heterocycles. The number of aliphatic hydroxyl groups excluding tert-OH is 1. The standard InChI is InChI=1S/C18H19NO5/c1-19-7-6-18-10-3-4-12(20)16(18)24-15-13(23-17(21)22)5-2-9(14(15)18)8-11(10)19/h2-5,10-12,16,20H,6-8H2,1H3,(H,21,22)/t10-,11+,12-,16-,18-/m0/s1. The Balaban J connectivity index is 1.76. The van der Waals surface area contributed by atoms with Crippen molar-refractivity contribution in [2.75, 3.05) is 13.6 Å². The van der Waals surface area contributed by atoms with Crippen molar-refractivity contribution in [2.24, 2.45) is 5.92 Å². The van der Waals surface area contributed by atoms with Gasteiger partial charge in [0.15, 0.2) is 11.5 Å². The number of likely N-dealkylation sites (N-methyl/N-ethyl adjacent to an activating group) is 1. The number of nitrogens with zero attached hydrogens (tertiary/aromatic N) is 1. The van der Waals surface area contributed by atoms with Crippen LogP contribution in [0.25, 0.3) is 0 Å². The fourth-order valence-corrected chi connectivity index (χ4v) is 5.40. The Hall–Kier alpha value is -2.05. The first-order valence-electron chi connectivity index (χ1n) is 8.33.